The predicted octanol–water partition coefficient (Wildman–Crippen LogP) is 3.23. The third kappa shape index (κ3) is 3.15. The zero-order chi connectivity index (χ0) is 18.7. The van der Waals surface area contributed by atoms with E-state index in [0.717, 1.165) is 22.5 Å². The highest BCUT2D eigenvalue weighted by Crippen LogP contribution is 2.43. The zero-order valence-electron chi connectivity index (χ0n) is 15.5. The van der Waals surface area contributed by atoms with Gasteiger partial charge in [0.15, 0.2) is 11.5 Å². The topological polar surface area (TPSA) is 72.5 Å². The number of hydrogen-bond acceptors (Lipinski definition) is 6. The molecular weight excluding hydrogens is 332 g/mol. The Kier molecular flexibility index (Phi) is 4.97. The van der Waals surface area contributed by atoms with Gasteiger partial charge in [-0.25, -0.2) is 0 Å². The molecule has 0 aliphatic rings. The lowest BCUT2D eigenvalue weighted by Crippen LogP contribution is -2.07. The van der Waals surface area contributed by atoms with Gasteiger partial charge in [-0.2, -0.15) is 0 Å². The largest absolute Gasteiger partial charge is 0.497 e. The third-order valence-corrected chi connectivity index (χ3v) is 4.16. The molecule has 0 saturated heterocycles. The van der Waals surface area contributed by atoms with Crippen molar-refractivity contribution in [3.63, 3.8) is 0 Å². The van der Waals surface area contributed by atoms with Gasteiger partial charge in [-0.05, 0) is 18.2 Å². The molecule has 1 aromatic heterocycles. The summed E-state index contributed by atoms with van der Waals surface area (Å²) in [5.74, 6) is 1.79. The number of methoxy groups -OCH3 is 3. The molecule has 1 N–H and O–H groups in total. The van der Waals surface area contributed by atoms with Gasteiger partial charge >= 0.3 is 0 Å². The van der Waals surface area contributed by atoms with Gasteiger partial charge in [-0.15, -0.1) is 5.10 Å². The van der Waals surface area contributed by atoms with Crippen molar-refractivity contribution in [1.29, 1.82) is 0 Å². The quantitative estimate of drug-likeness (QED) is 0.733. The number of H-pyrrole nitrogens is 1. The predicted molar refractivity (Wildman–Crippen MR) is 101 cm³/mol. The molecule has 1 heterocycles. The summed E-state index contributed by atoms with van der Waals surface area (Å²) in [5, 5.41) is 11.3. The summed E-state index contributed by atoms with van der Waals surface area (Å²) in [5.41, 5.74) is 4.28. The first-order chi connectivity index (χ1) is 12.6. The molecule has 0 saturated carbocycles. The summed E-state index contributed by atoms with van der Waals surface area (Å²) in [6.45, 7) is 0. The molecule has 0 bridgehead atoms. The van der Waals surface area contributed by atoms with E-state index in [0.29, 0.717) is 22.9 Å². The SMILES string of the molecule is COc1cc(OC)c(OC)c(-c2nn[nH]c2-c2ccc(N(C)C)cc2)c1. The van der Waals surface area contributed by atoms with Crippen LogP contribution in [0.4, 0.5) is 5.69 Å². The van der Waals surface area contributed by atoms with E-state index < -0.39 is 0 Å². The standard InChI is InChI=1S/C19H22N4O3/c1-23(2)13-8-6-12(7-9-13)17-18(21-22-20-17)15-10-14(24-3)11-16(25-4)19(15)26-5/h6-11H,1-5H3,(H,20,21,22). The molecule has 0 aliphatic heterocycles. The minimum Gasteiger partial charge on any atom is -0.497 e. The molecule has 0 unspecified atom stereocenters. The Morgan fingerprint density at radius 3 is 2.23 bits per heavy atom. The van der Waals surface area contributed by atoms with Crippen molar-refractivity contribution in [3.8, 4) is 39.8 Å². The second kappa shape index (κ2) is 7.35. The summed E-state index contributed by atoms with van der Waals surface area (Å²) in [6.07, 6.45) is 0. The Morgan fingerprint density at radius 2 is 1.65 bits per heavy atom. The van der Waals surface area contributed by atoms with Crippen LogP contribution in [0, 0.1) is 0 Å². The first kappa shape index (κ1) is 17.6. The lowest BCUT2D eigenvalue weighted by atomic mass is 10.0. The van der Waals surface area contributed by atoms with Crippen LogP contribution in [0.25, 0.3) is 22.5 Å². The number of aromatic amines is 1. The van der Waals surface area contributed by atoms with Crippen molar-refractivity contribution in [1.82, 2.24) is 15.4 Å². The molecule has 0 fully saturated rings. The lowest BCUT2D eigenvalue weighted by molar-refractivity contribution is 0.350. The molecular formula is C19H22N4O3. The van der Waals surface area contributed by atoms with Gasteiger partial charge in [0.25, 0.3) is 0 Å². The molecule has 0 aliphatic carbocycles. The van der Waals surface area contributed by atoms with Crippen LogP contribution < -0.4 is 19.1 Å². The number of nitrogens with one attached hydrogen (secondary N) is 1. The highest BCUT2D eigenvalue weighted by Gasteiger charge is 2.21. The van der Waals surface area contributed by atoms with Gasteiger partial charge in [-0.1, -0.05) is 17.3 Å². The Morgan fingerprint density at radius 1 is 0.923 bits per heavy atom. The fraction of sp³-hybridized carbons (Fsp3) is 0.263. The monoisotopic (exact) mass is 354 g/mol. The summed E-state index contributed by atoms with van der Waals surface area (Å²) in [6, 6.07) is 11.8. The van der Waals surface area contributed by atoms with Crippen LogP contribution in [0.1, 0.15) is 0 Å². The van der Waals surface area contributed by atoms with E-state index in [4.69, 9.17) is 14.2 Å². The van der Waals surface area contributed by atoms with E-state index in [9.17, 15) is 0 Å². The van der Waals surface area contributed by atoms with Gasteiger partial charge in [0.2, 0.25) is 0 Å². The van der Waals surface area contributed by atoms with Gasteiger partial charge in [-0.3, -0.25) is 5.10 Å². The minimum atomic E-state index is 0.568. The number of benzene rings is 2. The van der Waals surface area contributed by atoms with Crippen LogP contribution in [0.3, 0.4) is 0 Å². The Hall–Kier alpha value is -3.22. The van der Waals surface area contributed by atoms with Crippen molar-refractivity contribution < 1.29 is 14.2 Å². The van der Waals surface area contributed by atoms with Crippen molar-refractivity contribution in [3.05, 3.63) is 36.4 Å². The van der Waals surface area contributed by atoms with Crippen LogP contribution in [-0.4, -0.2) is 50.8 Å². The fourth-order valence-corrected chi connectivity index (χ4v) is 2.78. The van der Waals surface area contributed by atoms with Gasteiger partial charge < -0.3 is 19.1 Å². The third-order valence-electron chi connectivity index (χ3n) is 4.16. The lowest BCUT2D eigenvalue weighted by Gasteiger charge is -2.15. The smallest absolute Gasteiger partial charge is 0.170 e. The maximum atomic E-state index is 5.56. The van der Waals surface area contributed by atoms with E-state index in [1.54, 1.807) is 27.4 Å². The number of anilines is 1. The zero-order valence-corrected chi connectivity index (χ0v) is 15.5. The highest BCUT2D eigenvalue weighted by molar-refractivity contribution is 5.83. The van der Waals surface area contributed by atoms with Crippen LogP contribution in [0.5, 0.6) is 17.2 Å². The second-order valence-corrected chi connectivity index (χ2v) is 5.89. The van der Waals surface area contributed by atoms with E-state index in [-0.39, 0.29) is 0 Å². The van der Waals surface area contributed by atoms with Crippen molar-refractivity contribution >= 4 is 5.69 Å². The summed E-state index contributed by atoms with van der Waals surface area (Å²) in [7, 11) is 8.80. The number of rotatable bonds is 6. The second-order valence-electron chi connectivity index (χ2n) is 5.89. The van der Waals surface area contributed by atoms with Crippen molar-refractivity contribution in [2.75, 3.05) is 40.3 Å². The summed E-state index contributed by atoms with van der Waals surface area (Å²) < 4.78 is 16.4. The van der Waals surface area contributed by atoms with Gasteiger partial charge in [0.1, 0.15) is 11.4 Å². The molecule has 3 rings (SSSR count). The molecule has 26 heavy (non-hydrogen) atoms. The Balaban J connectivity index is 2.14. The molecule has 0 amide bonds. The Bertz CT molecular complexity index is 888. The first-order valence-electron chi connectivity index (χ1n) is 8.08. The summed E-state index contributed by atoms with van der Waals surface area (Å²) >= 11 is 0. The number of nitrogens with zero attached hydrogens (tertiary/aromatic N) is 3. The molecule has 0 atom stereocenters. The van der Waals surface area contributed by atoms with Crippen LogP contribution >= 0.6 is 0 Å². The normalized spacial score (nSPS) is 10.5. The van der Waals surface area contributed by atoms with Crippen LogP contribution in [0.2, 0.25) is 0 Å². The summed E-state index contributed by atoms with van der Waals surface area (Å²) in [4.78, 5) is 2.05. The molecule has 136 valence electrons. The molecule has 3 aromatic rings. The number of ether oxygens (including phenoxy) is 3. The maximum absolute atomic E-state index is 5.56. The Labute approximate surface area is 152 Å². The van der Waals surface area contributed by atoms with E-state index in [2.05, 4.69) is 15.4 Å². The number of hydrogen-bond donors (Lipinski definition) is 1. The molecule has 2 aromatic carbocycles. The fourth-order valence-electron chi connectivity index (χ4n) is 2.78. The van der Waals surface area contributed by atoms with Crippen molar-refractivity contribution in [2.24, 2.45) is 0 Å². The molecule has 0 spiro atoms. The maximum Gasteiger partial charge on any atom is 0.170 e. The highest BCUT2D eigenvalue weighted by atomic mass is 16.5. The molecule has 7 heteroatoms. The van der Waals surface area contributed by atoms with E-state index in [1.807, 2.05) is 49.3 Å². The number of aromatic nitrogens is 3. The van der Waals surface area contributed by atoms with Gasteiger partial charge in [0, 0.05) is 31.4 Å². The minimum absolute atomic E-state index is 0.568. The average Bonchev–Trinajstić information content (AvgIpc) is 3.16. The average molecular weight is 354 g/mol. The van der Waals surface area contributed by atoms with Crippen molar-refractivity contribution in [2.45, 2.75) is 0 Å². The van der Waals surface area contributed by atoms with Crippen LogP contribution in [0.15, 0.2) is 36.4 Å². The van der Waals surface area contributed by atoms with E-state index >= 15 is 0 Å². The molecule has 0 radical (unpaired) electrons. The van der Waals surface area contributed by atoms with E-state index in [1.165, 1.54) is 0 Å². The van der Waals surface area contributed by atoms with Crippen LogP contribution in [-0.2, 0) is 0 Å². The molecule has 7 nitrogen and oxygen atoms in total. The first-order valence-corrected chi connectivity index (χ1v) is 8.08. The van der Waals surface area contributed by atoms with Gasteiger partial charge in [0.05, 0.1) is 32.6 Å².